The maximum atomic E-state index is 13.4. The van der Waals surface area contributed by atoms with Crippen LogP contribution in [0.1, 0.15) is 11.1 Å². The fraction of sp³-hybridized carbons (Fsp3) is 0.133. The maximum Gasteiger partial charge on any atom is 0.169 e. The lowest BCUT2D eigenvalue weighted by atomic mass is 10.2. The fourth-order valence-corrected chi connectivity index (χ4v) is 1.86. The van der Waals surface area contributed by atoms with Gasteiger partial charge < -0.3 is 9.47 Å². The molecule has 20 heavy (non-hydrogen) atoms. The van der Waals surface area contributed by atoms with Gasteiger partial charge in [0.15, 0.2) is 11.5 Å². The second-order valence-electron chi connectivity index (χ2n) is 4.01. The third-order valence-electron chi connectivity index (χ3n) is 2.61. The van der Waals surface area contributed by atoms with Crippen LogP contribution >= 0.6 is 11.6 Å². The van der Waals surface area contributed by atoms with Crippen molar-refractivity contribution in [2.75, 3.05) is 7.11 Å². The molecule has 0 saturated carbocycles. The Morgan fingerprint density at radius 1 is 1.20 bits per heavy atom. The first-order valence-electron chi connectivity index (χ1n) is 5.77. The molecule has 2 aromatic rings. The lowest BCUT2D eigenvalue weighted by molar-refractivity contribution is 0.378. The van der Waals surface area contributed by atoms with Crippen LogP contribution in [0.5, 0.6) is 17.2 Å². The zero-order chi connectivity index (χ0) is 14.5. The quantitative estimate of drug-likeness (QED) is 0.791. The van der Waals surface area contributed by atoms with Crippen molar-refractivity contribution in [3.05, 3.63) is 53.3 Å². The molecule has 102 valence electrons. The summed E-state index contributed by atoms with van der Waals surface area (Å²) in [6.07, 6.45) is 0. The third kappa shape index (κ3) is 3.19. The van der Waals surface area contributed by atoms with E-state index in [0.29, 0.717) is 28.4 Å². The number of alkyl halides is 1. The molecular formula is C15H11ClFNO2. The van der Waals surface area contributed by atoms with Crippen LogP contribution in [0.2, 0.25) is 0 Å². The Hall–Kier alpha value is -2.25. The highest BCUT2D eigenvalue weighted by molar-refractivity contribution is 6.17. The molecule has 0 aliphatic rings. The Morgan fingerprint density at radius 3 is 2.65 bits per heavy atom. The number of methoxy groups -OCH3 is 1. The number of nitriles is 1. The summed E-state index contributed by atoms with van der Waals surface area (Å²) in [5, 5.41) is 8.83. The van der Waals surface area contributed by atoms with Crippen molar-refractivity contribution < 1.29 is 13.9 Å². The summed E-state index contributed by atoms with van der Waals surface area (Å²) < 4.78 is 24.1. The number of halogens is 2. The molecular weight excluding hydrogens is 281 g/mol. The van der Waals surface area contributed by atoms with E-state index < -0.39 is 5.82 Å². The second kappa shape index (κ2) is 6.27. The molecule has 3 nitrogen and oxygen atoms in total. The molecule has 0 atom stereocenters. The zero-order valence-electron chi connectivity index (χ0n) is 10.7. The van der Waals surface area contributed by atoms with Gasteiger partial charge in [0, 0.05) is 18.0 Å². The third-order valence-corrected chi connectivity index (χ3v) is 2.91. The molecule has 0 amide bonds. The molecule has 0 aromatic heterocycles. The monoisotopic (exact) mass is 291 g/mol. The van der Waals surface area contributed by atoms with Crippen molar-refractivity contribution in [3.8, 4) is 23.3 Å². The molecule has 0 aliphatic carbocycles. The number of ether oxygens (including phenoxy) is 2. The average molecular weight is 292 g/mol. The summed E-state index contributed by atoms with van der Waals surface area (Å²) in [6, 6.07) is 11.0. The van der Waals surface area contributed by atoms with Crippen molar-refractivity contribution in [1.29, 1.82) is 5.26 Å². The molecule has 0 radical (unpaired) electrons. The van der Waals surface area contributed by atoms with Crippen LogP contribution in [0, 0.1) is 17.1 Å². The van der Waals surface area contributed by atoms with Gasteiger partial charge in [-0.1, -0.05) is 0 Å². The van der Waals surface area contributed by atoms with Crippen LogP contribution < -0.4 is 9.47 Å². The molecule has 2 aromatic carbocycles. The maximum absolute atomic E-state index is 13.4. The van der Waals surface area contributed by atoms with Gasteiger partial charge in [-0.05, 0) is 29.8 Å². The van der Waals surface area contributed by atoms with Crippen molar-refractivity contribution in [3.63, 3.8) is 0 Å². The summed E-state index contributed by atoms with van der Waals surface area (Å²) in [4.78, 5) is 0. The highest BCUT2D eigenvalue weighted by atomic mass is 35.5. The van der Waals surface area contributed by atoms with Crippen LogP contribution in [0.4, 0.5) is 4.39 Å². The van der Waals surface area contributed by atoms with Gasteiger partial charge in [-0.15, -0.1) is 11.6 Å². The second-order valence-corrected chi connectivity index (χ2v) is 4.28. The average Bonchev–Trinajstić information content (AvgIpc) is 2.47. The van der Waals surface area contributed by atoms with Crippen LogP contribution in [0.3, 0.4) is 0 Å². The normalized spacial score (nSPS) is 9.90. The highest BCUT2D eigenvalue weighted by Gasteiger charge is 2.08. The molecule has 0 heterocycles. The number of hydrogen-bond donors (Lipinski definition) is 0. The van der Waals surface area contributed by atoms with Crippen molar-refractivity contribution in [2.24, 2.45) is 0 Å². The largest absolute Gasteiger partial charge is 0.493 e. The summed E-state index contributed by atoms with van der Waals surface area (Å²) in [5.41, 5.74) is 1.07. The van der Waals surface area contributed by atoms with Crippen LogP contribution in [0.25, 0.3) is 0 Å². The van der Waals surface area contributed by atoms with E-state index in [1.165, 1.54) is 19.2 Å². The zero-order valence-corrected chi connectivity index (χ0v) is 11.4. The Balaban J connectivity index is 2.34. The van der Waals surface area contributed by atoms with Crippen LogP contribution in [0.15, 0.2) is 36.4 Å². The minimum atomic E-state index is -0.425. The molecule has 0 aliphatic heterocycles. The SMILES string of the molecule is COc1cc(C#N)ccc1Oc1cc(F)cc(CCl)c1. The van der Waals surface area contributed by atoms with Crippen LogP contribution in [-0.4, -0.2) is 7.11 Å². The standard InChI is InChI=1S/C15H11ClFNO2/c1-19-15-6-10(9-18)2-3-14(15)20-13-5-11(8-16)4-12(17)7-13/h2-7H,8H2,1H3. The minimum absolute atomic E-state index is 0.193. The van der Waals surface area contributed by atoms with Gasteiger partial charge in [-0.2, -0.15) is 5.26 Å². The van der Waals surface area contributed by atoms with Gasteiger partial charge in [0.2, 0.25) is 0 Å². The van der Waals surface area contributed by atoms with Crippen molar-refractivity contribution in [2.45, 2.75) is 5.88 Å². The summed E-state index contributed by atoms with van der Waals surface area (Å²) >= 11 is 5.69. The molecule has 5 heteroatoms. The first kappa shape index (κ1) is 14.2. The molecule has 0 N–H and O–H groups in total. The first-order chi connectivity index (χ1) is 9.66. The van der Waals surface area contributed by atoms with E-state index in [0.717, 1.165) is 0 Å². The predicted molar refractivity (Wildman–Crippen MR) is 73.7 cm³/mol. The molecule has 2 rings (SSSR count). The number of rotatable bonds is 4. The number of nitrogens with zero attached hydrogens (tertiary/aromatic N) is 1. The van der Waals surface area contributed by atoms with Gasteiger partial charge in [0.1, 0.15) is 11.6 Å². The molecule has 0 unspecified atom stereocenters. The smallest absolute Gasteiger partial charge is 0.169 e. The summed E-state index contributed by atoms with van der Waals surface area (Å²) in [6.45, 7) is 0. The minimum Gasteiger partial charge on any atom is -0.493 e. The predicted octanol–water partition coefficient (Wildman–Crippen LogP) is 4.24. The Kier molecular flexibility index (Phi) is 4.44. The Bertz CT molecular complexity index is 667. The lowest BCUT2D eigenvalue weighted by Gasteiger charge is -2.11. The molecule has 0 spiro atoms. The van der Waals surface area contributed by atoms with Gasteiger partial charge in [-0.25, -0.2) is 4.39 Å². The molecule has 0 fully saturated rings. The fourth-order valence-electron chi connectivity index (χ4n) is 1.71. The van der Waals surface area contributed by atoms with E-state index in [2.05, 4.69) is 0 Å². The van der Waals surface area contributed by atoms with E-state index in [1.54, 1.807) is 24.3 Å². The number of benzene rings is 2. The van der Waals surface area contributed by atoms with Crippen molar-refractivity contribution in [1.82, 2.24) is 0 Å². The van der Waals surface area contributed by atoms with Crippen LogP contribution in [-0.2, 0) is 5.88 Å². The lowest BCUT2D eigenvalue weighted by Crippen LogP contribution is -1.93. The summed E-state index contributed by atoms with van der Waals surface area (Å²) in [7, 11) is 1.47. The highest BCUT2D eigenvalue weighted by Crippen LogP contribution is 2.33. The van der Waals surface area contributed by atoms with E-state index in [4.69, 9.17) is 26.3 Å². The number of hydrogen-bond acceptors (Lipinski definition) is 3. The van der Waals surface area contributed by atoms with Gasteiger partial charge in [0.25, 0.3) is 0 Å². The first-order valence-corrected chi connectivity index (χ1v) is 6.31. The van der Waals surface area contributed by atoms with Crippen molar-refractivity contribution >= 4 is 11.6 Å². The van der Waals surface area contributed by atoms with Gasteiger partial charge >= 0.3 is 0 Å². The van der Waals surface area contributed by atoms with E-state index in [-0.39, 0.29) is 5.88 Å². The molecule has 0 saturated heterocycles. The van der Waals surface area contributed by atoms with E-state index in [9.17, 15) is 4.39 Å². The van der Waals surface area contributed by atoms with Gasteiger partial charge in [0.05, 0.1) is 18.7 Å². The van der Waals surface area contributed by atoms with E-state index >= 15 is 0 Å². The Labute approximate surface area is 121 Å². The van der Waals surface area contributed by atoms with E-state index in [1.807, 2.05) is 6.07 Å². The van der Waals surface area contributed by atoms with Gasteiger partial charge in [-0.3, -0.25) is 0 Å². The Morgan fingerprint density at radius 2 is 2.00 bits per heavy atom. The topological polar surface area (TPSA) is 42.2 Å². The summed E-state index contributed by atoms with van der Waals surface area (Å²) in [5.74, 6) is 0.895. The molecule has 0 bridgehead atoms.